The van der Waals surface area contributed by atoms with Gasteiger partial charge in [-0.1, -0.05) is 13.3 Å². The van der Waals surface area contributed by atoms with E-state index in [1.165, 1.54) is 0 Å². The fraction of sp³-hybridized carbons (Fsp3) is 0.733. The van der Waals surface area contributed by atoms with Crippen molar-refractivity contribution >= 4 is 17.1 Å². The van der Waals surface area contributed by atoms with Gasteiger partial charge in [-0.05, 0) is 40.3 Å². The van der Waals surface area contributed by atoms with Crippen LogP contribution in [0.2, 0.25) is 0 Å². The highest BCUT2D eigenvalue weighted by Crippen LogP contribution is 2.22. The van der Waals surface area contributed by atoms with Gasteiger partial charge in [-0.15, -0.1) is 0 Å². The summed E-state index contributed by atoms with van der Waals surface area (Å²) in [5.41, 5.74) is 9.17. The molecule has 0 aliphatic carbocycles. The molecule has 0 spiro atoms. The molecule has 2 aromatic rings. The second-order valence-electron chi connectivity index (χ2n) is 6.04. The maximum atomic E-state index is 6.11. The van der Waals surface area contributed by atoms with Gasteiger partial charge >= 0.3 is 0 Å². The lowest BCUT2D eigenvalue weighted by Gasteiger charge is -2.20. The van der Waals surface area contributed by atoms with Gasteiger partial charge in [-0.3, -0.25) is 9.25 Å². The SMILES string of the molecule is CCCc1nn(C)c2c1nc(N)n2CCCN(C)C(C)C. The van der Waals surface area contributed by atoms with Crippen molar-refractivity contribution in [3.63, 3.8) is 0 Å². The quantitative estimate of drug-likeness (QED) is 0.848. The molecule has 0 saturated heterocycles. The first-order valence-corrected chi connectivity index (χ1v) is 7.83. The normalized spacial score (nSPS) is 12.1. The van der Waals surface area contributed by atoms with Crippen LogP contribution in [0.5, 0.6) is 0 Å². The zero-order valence-electron chi connectivity index (χ0n) is 13.9. The summed E-state index contributed by atoms with van der Waals surface area (Å²) in [5.74, 6) is 0.600. The summed E-state index contributed by atoms with van der Waals surface area (Å²) in [6.07, 6.45) is 3.07. The highest BCUT2D eigenvalue weighted by atomic mass is 15.3. The van der Waals surface area contributed by atoms with Crippen LogP contribution in [0, 0.1) is 0 Å². The van der Waals surface area contributed by atoms with E-state index in [0.717, 1.165) is 49.2 Å². The number of hydrogen-bond donors (Lipinski definition) is 1. The summed E-state index contributed by atoms with van der Waals surface area (Å²) >= 11 is 0. The Bertz CT molecular complexity index is 595. The van der Waals surface area contributed by atoms with Crippen LogP contribution in [0.15, 0.2) is 0 Å². The molecule has 0 amide bonds. The highest BCUT2D eigenvalue weighted by Gasteiger charge is 2.17. The molecule has 0 aliphatic heterocycles. The topological polar surface area (TPSA) is 64.9 Å². The lowest BCUT2D eigenvalue weighted by atomic mass is 10.2. The van der Waals surface area contributed by atoms with Crippen molar-refractivity contribution in [2.75, 3.05) is 19.3 Å². The van der Waals surface area contributed by atoms with E-state index in [1.807, 2.05) is 11.7 Å². The maximum Gasteiger partial charge on any atom is 0.202 e. The molecule has 0 radical (unpaired) electrons. The fourth-order valence-electron chi connectivity index (χ4n) is 2.62. The Morgan fingerprint density at radius 2 is 2.05 bits per heavy atom. The van der Waals surface area contributed by atoms with Crippen LogP contribution in [-0.4, -0.2) is 43.9 Å². The molecule has 0 unspecified atom stereocenters. The van der Waals surface area contributed by atoms with E-state index in [4.69, 9.17) is 5.73 Å². The molecule has 0 fully saturated rings. The van der Waals surface area contributed by atoms with Crippen molar-refractivity contribution < 1.29 is 0 Å². The zero-order valence-corrected chi connectivity index (χ0v) is 13.9. The van der Waals surface area contributed by atoms with E-state index in [2.05, 4.69) is 47.4 Å². The molecule has 2 rings (SSSR count). The van der Waals surface area contributed by atoms with Gasteiger partial charge < -0.3 is 10.6 Å². The Morgan fingerprint density at radius 3 is 2.67 bits per heavy atom. The summed E-state index contributed by atoms with van der Waals surface area (Å²) in [6, 6.07) is 0.568. The molecule has 0 aromatic carbocycles. The summed E-state index contributed by atoms with van der Waals surface area (Å²) < 4.78 is 4.01. The van der Waals surface area contributed by atoms with Crippen molar-refractivity contribution in [1.29, 1.82) is 0 Å². The molecular weight excluding hydrogens is 264 g/mol. The minimum Gasteiger partial charge on any atom is -0.369 e. The molecule has 6 nitrogen and oxygen atoms in total. The van der Waals surface area contributed by atoms with Crippen molar-refractivity contribution in [3.8, 4) is 0 Å². The lowest BCUT2D eigenvalue weighted by molar-refractivity contribution is 0.266. The van der Waals surface area contributed by atoms with Crippen LogP contribution >= 0.6 is 0 Å². The number of fused-ring (bicyclic) bond motifs is 1. The van der Waals surface area contributed by atoms with E-state index < -0.39 is 0 Å². The molecule has 6 heteroatoms. The van der Waals surface area contributed by atoms with Crippen molar-refractivity contribution in [2.24, 2.45) is 7.05 Å². The van der Waals surface area contributed by atoms with Gasteiger partial charge in [0.15, 0.2) is 5.65 Å². The number of rotatable bonds is 7. The Labute approximate surface area is 126 Å². The molecule has 118 valence electrons. The van der Waals surface area contributed by atoms with Crippen LogP contribution in [0.1, 0.15) is 39.3 Å². The first-order chi connectivity index (χ1) is 9.95. The first-order valence-electron chi connectivity index (χ1n) is 7.83. The van der Waals surface area contributed by atoms with Crippen molar-refractivity contribution in [2.45, 2.75) is 52.6 Å². The standard InChI is InChI=1S/C15H28N6/c1-6-8-12-13-14(20(5)18-12)21(15(16)17-13)10-7-9-19(4)11(2)3/h11H,6-10H2,1-5H3,(H2,16,17). The Kier molecular flexibility index (Phi) is 4.88. The minimum absolute atomic E-state index is 0.568. The van der Waals surface area contributed by atoms with E-state index >= 15 is 0 Å². The van der Waals surface area contributed by atoms with Crippen molar-refractivity contribution in [1.82, 2.24) is 24.2 Å². The highest BCUT2D eigenvalue weighted by molar-refractivity contribution is 5.77. The van der Waals surface area contributed by atoms with Crippen LogP contribution < -0.4 is 5.73 Å². The molecule has 2 heterocycles. The zero-order chi connectivity index (χ0) is 15.6. The first kappa shape index (κ1) is 15.8. The molecule has 0 bridgehead atoms. The maximum absolute atomic E-state index is 6.11. The number of nitrogens with two attached hydrogens (primary N) is 1. The van der Waals surface area contributed by atoms with E-state index in [-0.39, 0.29) is 0 Å². The van der Waals surface area contributed by atoms with E-state index in [1.54, 1.807) is 0 Å². The molecular formula is C15H28N6. The number of imidazole rings is 1. The fourth-order valence-corrected chi connectivity index (χ4v) is 2.62. The molecule has 2 N–H and O–H groups in total. The monoisotopic (exact) mass is 292 g/mol. The Morgan fingerprint density at radius 1 is 1.33 bits per heavy atom. The average molecular weight is 292 g/mol. The number of anilines is 1. The van der Waals surface area contributed by atoms with Crippen LogP contribution in [0.3, 0.4) is 0 Å². The second-order valence-corrected chi connectivity index (χ2v) is 6.04. The number of aromatic nitrogens is 4. The van der Waals surface area contributed by atoms with Crippen LogP contribution in [-0.2, 0) is 20.0 Å². The minimum atomic E-state index is 0.568. The Balaban J connectivity index is 2.18. The summed E-state index contributed by atoms with van der Waals surface area (Å²) in [6.45, 7) is 8.51. The van der Waals surface area contributed by atoms with Gasteiger partial charge in [-0.25, -0.2) is 4.98 Å². The average Bonchev–Trinajstić information content (AvgIpc) is 2.89. The van der Waals surface area contributed by atoms with Gasteiger partial charge in [0.05, 0.1) is 5.69 Å². The predicted octanol–water partition coefficient (Wildman–Crippen LogP) is 2.03. The summed E-state index contributed by atoms with van der Waals surface area (Å²) in [4.78, 5) is 6.87. The lowest BCUT2D eigenvalue weighted by Crippen LogP contribution is -2.28. The molecule has 21 heavy (non-hydrogen) atoms. The molecule has 0 aliphatic rings. The third kappa shape index (κ3) is 3.20. The number of aryl methyl sites for hydroxylation is 3. The summed E-state index contributed by atoms with van der Waals surface area (Å²) in [5, 5.41) is 4.58. The molecule has 2 aromatic heterocycles. The molecule has 0 saturated carbocycles. The second kappa shape index (κ2) is 6.47. The number of nitrogens with zero attached hydrogens (tertiary/aromatic N) is 5. The van der Waals surface area contributed by atoms with Crippen LogP contribution in [0.25, 0.3) is 11.2 Å². The smallest absolute Gasteiger partial charge is 0.202 e. The number of hydrogen-bond acceptors (Lipinski definition) is 4. The van der Waals surface area contributed by atoms with E-state index in [0.29, 0.717) is 12.0 Å². The molecule has 0 atom stereocenters. The van der Waals surface area contributed by atoms with Gasteiger partial charge in [0, 0.05) is 19.6 Å². The third-order valence-electron chi connectivity index (χ3n) is 4.08. The van der Waals surface area contributed by atoms with Gasteiger partial charge in [0.25, 0.3) is 0 Å². The Hall–Kier alpha value is -1.56. The third-order valence-corrected chi connectivity index (χ3v) is 4.08. The van der Waals surface area contributed by atoms with E-state index in [9.17, 15) is 0 Å². The largest absolute Gasteiger partial charge is 0.369 e. The van der Waals surface area contributed by atoms with Gasteiger partial charge in [0.2, 0.25) is 5.95 Å². The predicted molar refractivity (Wildman–Crippen MR) is 87.3 cm³/mol. The van der Waals surface area contributed by atoms with Gasteiger partial charge in [-0.2, -0.15) is 5.10 Å². The van der Waals surface area contributed by atoms with Gasteiger partial charge in [0.1, 0.15) is 5.52 Å². The number of nitrogen functional groups attached to an aromatic ring is 1. The van der Waals surface area contributed by atoms with Crippen LogP contribution in [0.4, 0.5) is 5.95 Å². The summed E-state index contributed by atoms with van der Waals surface area (Å²) in [7, 11) is 4.13. The van der Waals surface area contributed by atoms with Crippen molar-refractivity contribution in [3.05, 3.63) is 5.69 Å².